The number of nitrogens with zero attached hydrogens (tertiary/aromatic N) is 2. The van der Waals surface area contributed by atoms with E-state index in [0.717, 1.165) is 3.57 Å². The van der Waals surface area contributed by atoms with E-state index in [1.54, 1.807) is 18.2 Å². The normalized spacial score (nSPS) is 11.0. The Labute approximate surface area is 207 Å². The maximum atomic E-state index is 12.4. The van der Waals surface area contributed by atoms with Gasteiger partial charge in [-0.05, 0) is 89.3 Å². The van der Waals surface area contributed by atoms with Crippen LogP contribution in [0.4, 0.5) is 11.4 Å². The average molecular weight is 568 g/mol. The van der Waals surface area contributed by atoms with Gasteiger partial charge in [-0.15, -0.1) is 10.2 Å². The van der Waals surface area contributed by atoms with Gasteiger partial charge >= 0.3 is 5.97 Å². The number of aromatic amines is 1. The lowest BCUT2D eigenvalue weighted by atomic mass is 10.1. The number of nitrogens with one attached hydrogen (secondary N) is 2. The van der Waals surface area contributed by atoms with Crippen LogP contribution in [0.5, 0.6) is 5.88 Å². The first kappa shape index (κ1) is 23.1. The molecule has 0 spiro atoms. The molecule has 1 heterocycles. The summed E-state index contributed by atoms with van der Waals surface area (Å²) in [5.74, 6) is -1.64. The third-order valence-corrected chi connectivity index (χ3v) is 5.58. The summed E-state index contributed by atoms with van der Waals surface area (Å²) >= 11 is 2.14. The first-order valence-electron chi connectivity index (χ1n) is 9.92. The molecule has 0 atom stereocenters. The Morgan fingerprint density at radius 2 is 1.59 bits per heavy atom. The van der Waals surface area contributed by atoms with Gasteiger partial charge in [-0.25, -0.2) is 4.79 Å². The Kier molecular flexibility index (Phi) is 6.68. The van der Waals surface area contributed by atoms with Crippen LogP contribution in [0.25, 0.3) is 10.9 Å². The number of methoxy groups -OCH3 is 1. The topological polar surface area (TPSA) is 133 Å². The van der Waals surface area contributed by atoms with Gasteiger partial charge in [-0.1, -0.05) is 0 Å². The Morgan fingerprint density at radius 1 is 0.941 bits per heavy atom. The number of halogens is 1. The van der Waals surface area contributed by atoms with E-state index in [2.05, 4.69) is 47.9 Å². The van der Waals surface area contributed by atoms with Crippen molar-refractivity contribution in [1.29, 1.82) is 0 Å². The summed E-state index contributed by atoms with van der Waals surface area (Å²) in [5.41, 5.74) is 2.29. The summed E-state index contributed by atoms with van der Waals surface area (Å²) in [5, 5.41) is 21.1. The molecule has 0 aliphatic heterocycles. The molecule has 0 bridgehead atoms. The number of esters is 1. The van der Waals surface area contributed by atoms with Crippen LogP contribution in [0.1, 0.15) is 31.1 Å². The molecule has 9 nitrogen and oxygen atoms in total. The highest BCUT2D eigenvalue weighted by molar-refractivity contribution is 14.1. The van der Waals surface area contributed by atoms with Crippen molar-refractivity contribution in [2.24, 2.45) is 10.2 Å². The first-order chi connectivity index (χ1) is 16.4. The summed E-state index contributed by atoms with van der Waals surface area (Å²) < 4.78 is 5.58. The number of amides is 2. The number of anilines is 1. The molecule has 0 unspecified atom stereocenters. The predicted octanol–water partition coefficient (Wildman–Crippen LogP) is 5.44. The van der Waals surface area contributed by atoms with E-state index in [4.69, 9.17) is 0 Å². The van der Waals surface area contributed by atoms with Crippen molar-refractivity contribution in [3.63, 3.8) is 0 Å². The number of H-pyrrole nitrogens is 1. The van der Waals surface area contributed by atoms with Crippen LogP contribution in [0.15, 0.2) is 77.0 Å². The second-order valence-electron chi connectivity index (χ2n) is 7.12. The summed E-state index contributed by atoms with van der Waals surface area (Å²) in [6.45, 7) is 0. The minimum absolute atomic E-state index is 0.175. The number of carbonyl (C=O) groups excluding carboxylic acids is 3. The van der Waals surface area contributed by atoms with Crippen LogP contribution in [0.2, 0.25) is 0 Å². The molecule has 4 rings (SSSR count). The van der Waals surface area contributed by atoms with Gasteiger partial charge in [0.15, 0.2) is 5.69 Å². The molecule has 0 aliphatic rings. The van der Waals surface area contributed by atoms with Crippen molar-refractivity contribution in [3.05, 3.63) is 87.0 Å². The molecule has 3 N–H and O–H groups in total. The Balaban J connectivity index is 1.44. The van der Waals surface area contributed by atoms with Gasteiger partial charge in [0.1, 0.15) is 0 Å². The van der Waals surface area contributed by atoms with Gasteiger partial charge in [-0.2, -0.15) is 0 Å². The zero-order chi connectivity index (χ0) is 24.2. The van der Waals surface area contributed by atoms with Gasteiger partial charge < -0.3 is 20.1 Å². The summed E-state index contributed by atoms with van der Waals surface area (Å²) in [6.07, 6.45) is 0. The second-order valence-corrected chi connectivity index (χ2v) is 8.36. The number of ether oxygens (including phenoxy) is 1. The molecule has 3 aromatic carbocycles. The fraction of sp³-hybridized carbons (Fsp3) is 0.0417. The Morgan fingerprint density at radius 3 is 2.26 bits per heavy atom. The molecule has 0 radical (unpaired) electrons. The molecule has 4 aromatic rings. The van der Waals surface area contributed by atoms with Gasteiger partial charge in [-0.3, -0.25) is 9.59 Å². The third kappa shape index (κ3) is 4.96. The molecule has 0 aliphatic carbocycles. The van der Waals surface area contributed by atoms with Crippen molar-refractivity contribution in [2.75, 3.05) is 12.4 Å². The number of hydrogen-bond donors (Lipinski definition) is 3. The zero-order valence-electron chi connectivity index (χ0n) is 17.7. The van der Waals surface area contributed by atoms with Crippen molar-refractivity contribution in [2.45, 2.75) is 0 Å². The molecule has 2 amide bonds. The number of benzene rings is 3. The molecule has 0 fully saturated rings. The Bertz CT molecular complexity index is 1430. The maximum absolute atomic E-state index is 12.4. The van der Waals surface area contributed by atoms with E-state index in [9.17, 15) is 19.5 Å². The van der Waals surface area contributed by atoms with E-state index in [0.29, 0.717) is 27.7 Å². The van der Waals surface area contributed by atoms with Gasteiger partial charge in [0, 0.05) is 25.8 Å². The van der Waals surface area contributed by atoms with Crippen molar-refractivity contribution >= 4 is 62.7 Å². The highest BCUT2D eigenvalue weighted by Gasteiger charge is 2.13. The highest BCUT2D eigenvalue weighted by Crippen LogP contribution is 2.36. The second kappa shape index (κ2) is 9.83. The summed E-state index contributed by atoms with van der Waals surface area (Å²) in [4.78, 5) is 39.2. The molecule has 10 heteroatoms. The van der Waals surface area contributed by atoms with Gasteiger partial charge in [0.25, 0.3) is 11.8 Å². The lowest BCUT2D eigenvalue weighted by Gasteiger charge is -2.06. The average Bonchev–Trinajstić information content (AvgIpc) is 3.16. The van der Waals surface area contributed by atoms with Crippen LogP contribution >= 0.6 is 22.6 Å². The van der Waals surface area contributed by atoms with Crippen LogP contribution in [0.3, 0.4) is 0 Å². The fourth-order valence-electron chi connectivity index (χ4n) is 3.17. The molecule has 170 valence electrons. The highest BCUT2D eigenvalue weighted by atomic mass is 127. The molecular weight excluding hydrogens is 551 g/mol. The number of carbonyl (C=O) groups is 3. The molecule has 0 saturated carbocycles. The van der Waals surface area contributed by atoms with Crippen LogP contribution in [-0.4, -0.2) is 35.0 Å². The number of hydrogen-bond acceptors (Lipinski definition) is 6. The van der Waals surface area contributed by atoms with E-state index in [1.165, 1.54) is 43.5 Å². The van der Waals surface area contributed by atoms with E-state index < -0.39 is 11.9 Å². The standard InChI is InChI=1S/C24H17IN4O5/c1-34-24(33)15-4-2-13(3-5-15)21(30)26-17-9-6-14(7-10-17)22(31)29-28-20-18-12-16(25)8-11-19(18)27-23(20)32/h2-12,27,32H,1H3,(H,26,30). The Hall–Kier alpha value is -4.06. The lowest BCUT2D eigenvalue weighted by molar-refractivity contribution is 0.0600. The fourth-order valence-corrected chi connectivity index (χ4v) is 3.66. The van der Waals surface area contributed by atoms with E-state index >= 15 is 0 Å². The zero-order valence-corrected chi connectivity index (χ0v) is 19.9. The van der Waals surface area contributed by atoms with Crippen LogP contribution in [0, 0.1) is 3.57 Å². The number of fused-ring (bicyclic) bond motifs is 1. The number of aromatic nitrogens is 1. The predicted molar refractivity (Wildman–Crippen MR) is 134 cm³/mol. The number of aromatic hydroxyl groups is 1. The number of rotatable bonds is 5. The quantitative estimate of drug-likeness (QED) is 0.168. The van der Waals surface area contributed by atoms with E-state index in [1.807, 2.05) is 12.1 Å². The molecular formula is C24H17IN4O5. The third-order valence-electron chi connectivity index (χ3n) is 4.91. The lowest BCUT2D eigenvalue weighted by Crippen LogP contribution is -2.12. The smallest absolute Gasteiger partial charge is 0.337 e. The molecule has 0 saturated heterocycles. The summed E-state index contributed by atoms with van der Waals surface area (Å²) in [6, 6.07) is 17.7. The minimum atomic E-state index is -0.601. The monoisotopic (exact) mass is 568 g/mol. The van der Waals surface area contributed by atoms with Crippen molar-refractivity contribution in [1.82, 2.24) is 4.98 Å². The van der Waals surface area contributed by atoms with Gasteiger partial charge in [0.05, 0.1) is 18.2 Å². The largest absolute Gasteiger partial charge is 0.493 e. The van der Waals surface area contributed by atoms with Crippen molar-refractivity contribution in [3.8, 4) is 5.88 Å². The van der Waals surface area contributed by atoms with Crippen molar-refractivity contribution < 1.29 is 24.2 Å². The van der Waals surface area contributed by atoms with Gasteiger partial charge in [0.2, 0.25) is 5.88 Å². The SMILES string of the molecule is COC(=O)c1ccc(C(=O)Nc2ccc(C(=O)N=Nc3c(O)[nH]c4ccc(I)cc34)cc2)cc1. The minimum Gasteiger partial charge on any atom is -0.493 e. The first-order valence-corrected chi connectivity index (χ1v) is 11.0. The molecule has 34 heavy (non-hydrogen) atoms. The van der Waals surface area contributed by atoms with Crippen LogP contribution in [-0.2, 0) is 4.74 Å². The summed E-state index contributed by atoms with van der Waals surface area (Å²) in [7, 11) is 1.28. The number of azo groups is 1. The molecule has 1 aromatic heterocycles. The van der Waals surface area contributed by atoms with E-state index in [-0.39, 0.29) is 23.0 Å². The maximum Gasteiger partial charge on any atom is 0.337 e. The van der Waals surface area contributed by atoms with Crippen LogP contribution < -0.4 is 5.32 Å².